The Hall–Kier alpha value is -0.250. The SMILES string of the molecule is CC(C)C1CC(NCCCC(F)(F)F)C1. The van der Waals surface area contributed by atoms with Crippen molar-refractivity contribution >= 4 is 0 Å². The van der Waals surface area contributed by atoms with Gasteiger partial charge in [-0.1, -0.05) is 13.8 Å². The Bertz CT molecular complexity index is 183. The molecule has 0 heterocycles. The van der Waals surface area contributed by atoms with Gasteiger partial charge in [0.25, 0.3) is 0 Å². The Kier molecular flexibility index (Phi) is 4.44. The first-order valence-electron chi connectivity index (χ1n) is 5.68. The molecule has 0 radical (unpaired) electrons. The lowest BCUT2D eigenvalue weighted by Crippen LogP contribution is -2.43. The van der Waals surface area contributed by atoms with Crippen LogP contribution >= 0.6 is 0 Å². The van der Waals surface area contributed by atoms with Crippen molar-refractivity contribution < 1.29 is 13.2 Å². The highest BCUT2D eigenvalue weighted by molar-refractivity contribution is 4.86. The molecule has 1 rings (SSSR count). The highest BCUT2D eigenvalue weighted by atomic mass is 19.4. The summed E-state index contributed by atoms with van der Waals surface area (Å²) in [7, 11) is 0. The van der Waals surface area contributed by atoms with E-state index in [9.17, 15) is 13.2 Å². The molecule has 0 aromatic rings. The zero-order chi connectivity index (χ0) is 11.5. The normalized spacial score (nSPS) is 26.8. The number of alkyl halides is 3. The first-order valence-corrected chi connectivity index (χ1v) is 5.68. The standard InChI is InChI=1S/C11H20F3N/c1-8(2)9-6-10(7-9)15-5-3-4-11(12,13)14/h8-10,15H,3-7H2,1-2H3. The van der Waals surface area contributed by atoms with E-state index in [2.05, 4.69) is 19.2 Å². The second kappa shape index (κ2) is 5.19. The highest BCUT2D eigenvalue weighted by Gasteiger charge is 2.31. The average Bonchev–Trinajstić information content (AvgIpc) is 1.97. The molecule has 1 N–H and O–H groups in total. The number of nitrogens with one attached hydrogen (secondary N) is 1. The summed E-state index contributed by atoms with van der Waals surface area (Å²) in [6.45, 7) is 4.89. The van der Waals surface area contributed by atoms with Crippen molar-refractivity contribution in [3.63, 3.8) is 0 Å². The maximum Gasteiger partial charge on any atom is 0.389 e. The van der Waals surface area contributed by atoms with Crippen LogP contribution in [-0.4, -0.2) is 18.8 Å². The van der Waals surface area contributed by atoms with Crippen LogP contribution in [0.1, 0.15) is 39.5 Å². The summed E-state index contributed by atoms with van der Waals surface area (Å²) in [4.78, 5) is 0. The molecule has 15 heavy (non-hydrogen) atoms. The lowest BCUT2D eigenvalue weighted by atomic mass is 9.74. The Balaban J connectivity index is 1.95. The maximum atomic E-state index is 11.8. The van der Waals surface area contributed by atoms with Crippen LogP contribution in [0.25, 0.3) is 0 Å². The van der Waals surface area contributed by atoms with E-state index in [-0.39, 0.29) is 6.42 Å². The topological polar surface area (TPSA) is 12.0 Å². The number of halogens is 3. The molecule has 0 spiro atoms. The lowest BCUT2D eigenvalue weighted by Gasteiger charge is -2.38. The van der Waals surface area contributed by atoms with E-state index in [4.69, 9.17) is 0 Å². The number of hydrogen-bond acceptors (Lipinski definition) is 1. The minimum Gasteiger partial charge on any atom is -0.314 e. The minimum atomic E-state index is -4.00. The van der Waals surface area contributed by atoms with Crippen molar-refractivity contribution in [3.05, 3.63) is 0 Å². The van der Waals surface area contributed by atoms with Gasteiger partial charge in [0.2, 0.25) is 0 Å². The van der Waals surface area contributed by atoms with Gasteiger partial charge in [-0.05, 0) is 37.6 Å². The average molecular weight is 223 g/mol. The van der Waals surface area contributed by atoms with Crippen LogP contribution in [0.4, 0.5) is 13.2 Å². The van der Waals surface area contributed by atoms with E-state index in [1.54, 1.807) is 0 Å². The van der Waals surface area contributed by atoms with Crippen molar-refractivity contribution in [1.29, 1.82) is 0 Å². The molecule has 1 aliphatic carbocycles. The van der Waals surface area contributed by atoms with E-state index < -0.39 is 12.6 Å². The molecule has 4 heteroatoms. The number of rotatable bonds is 5. The van der Waals surface area contributed by atoms with Crippen LogP contribution in [0.5, 0.6) is 0 Å². The van der Waals surface area contributed by atoms with Gasteiger partial charge in [-0.25, -0.2) is 0 Å². The molecule has 0 aromatic carbocycles. The van der Waals surface area contributed by atoms with Gasteiger partial charge in [0.05, 0.1) is 0 Å². The van der Waals surface area contributed by atoms with Gasteiger partial charge < -0.3 is 5.32 Å². The fourth-order valence-corrected chi connectivity index (χ4v) is 1.97. The Morgan fingerprint density at radius 3 is 2.33 bits per heavy atom. The van der Waals surface area contributed by atoms with Crippen LogP contribution in [0.15, 0.2) is 0 Å². The molecule has 1 aliphatic rings. The molecule has 0 saturated heterocycles. The predicted octanol–water partition coefficient (Wildman–Crippen LogP) is 3.35. The summed E-state index contributed by atoms with van der Waals surface area (Å²) in [5, 5.41) is 3.18. The summed E-state index contributed by atoms with van der Waals surface area (Å²) >= 11 is 0. The molecular weight excluding hydrogens is 203 g/mol. The summed E-state index contributed by atoms with van der Waals surface area (Å²) in [6.07, 6.45) is -2.21. The molecule has 0 aromatic heterocycles. The molecule has 1 saturated carbocycles. The molecule has 0 unspecified atom stereocenters. The van der Waals surface area contributed by atoms with Crippen molar-refractivity contribution in [3.8, 4) is 0 Å². The van der Waals surface area contributed by atoms with E-state index in [1.165, 1.54) is 0 Å². The zero-order valence-corrected chi connectivity index (χ0v) is 9.40. The molecule has 0 bridgehead atoms. The molecular formula is C11H20F3N. The van der Waals surface area contributed by atoms with Crippen molar-refractivity contribution in [1.82, 2.24) is 5.32 Å². The monoisotopic (exact) mass is 223 g/mol. The fraction of sp³-hybridized carbons (Fsp3) is 1.00. The zero-order valence-electron chi connectivity index (χ0n) is 9.40. The number of hydrogen-bond donors (Lipinski definition) is 1. The van der Waals surface area contributed by atoms with Gasteiger partial charge in [0, 0.05) is 12.5 Å². The quantitative estimate of drug-likeness (QED) is 0.705. The molecule has 0 atom stereocenters. The third-order valence-electron chi connectivity index (χ3n) is 3.19. The predicted molar refractivity (Wildman–Crippen MR) is 54.6 cm³/mol. The van der Waals surface area contributed by atoms with Crippen molar-refractivity contribution in [2.75, 3.05) is 6.54 Å². The van der Waals surface area contributed by atoms with Gasteiger partial charge in [-0.2, -0.15) is 13.2 Å². The van der Waals surface area contributed by atoms with Crippen molar-refractivity contribution in [2.24, 2.45) is 11.8 Å². The largest absolute Gasteiger partial charge is 0.389 e. The van der Waals surface area contributed by atoms with Crippen LogP contribution in [0, 0.1) is 11.8 Å². The molecule has 1 nitrogen and oxygen atoms in total. The van der Waals surface area contributed by atoms with Crippen molar-refractivity contribution in [2.45, 2.75) is 51.7 Å². The van der Waals surface area contributed by atoms with E-state index >= 15 is 0 Å². The summed E-state index contributed by atoms with van der Waals surface area (Å²) in [5.74, 6) is 1.48. The van der Waals surface area contributed by atoms with Gasteiger partial charge >= 0.3 is 6.18 Å². The molecule has 0 amide bonds. The van der Waals surface area contributed by atoms with Crippen LogP contribution in [0.3, 0.4) is 0 Å². The highest BCUT2D eigenvalue weighted by Crippen LogP contribution is 2.33. The van der Waals surface area contributed by atoms with Crippen LogP contribution in [0.2, 0.25) is 0 Å². The van der Waals surface area contributed by atoms with Gasteiger partial charge in [0.1, 0.15) is 0 Å². The summed E-state index contributed by atoms with van der Waals surface area (Å²) in [5.41, 5.74) is 0. The van der Waals surface area contributed by atoms with Gasteiger partial charge in [-0.15, -0.1) is 0 Å². The smallest absolute Gasteiger partial charge is 0.314 e. The van der Waals surface area contributed by atoms with E-state index in [0.717, 1.165) is 18.8 Å². The Morgan fingerprint density at radius 1 is 1.27 bits per heavy atom. The third-order valence-corrected chi connectivity index (χ3v) is 3.19. The van der Waals surface area contributed by atoms with E-state index in [0.29, 0.717) is 18.5 Å². The maximum absolute atomic E-state index is 11.8. The summed E-state index contributed by atoms with van der Waals surface area (Å²) in [6, 6.07) is 0.464. The fourth-order valence-electron chi connectivity index (χ4n) is 1.97. The third kappa shape index (κ3) is 4.87. The lowest BCUT2D eigenvalue weighted by molar-refractivity contribution is -0.135. The Labute approximate surface area is 89.4 Å². The van der Waals surface area contributed by atoms with Gasteiger partial charge in [-0.3, -0.25) is 0 Å². The molecule has 90 valence electrons. The molecule has 0 aliphatic heterocycles. The van der Waals surface area contributed by atoms with Crippen LogP contribution < -0.4 is 5.32 Å². The first kappa shape index (κ1) is 12.8. The molecule has 1 fully saturated rings. The Morgan fingerprint density at radius 2 is 1.87 bits per heavy atom. The van der Waals surface area contributed by atoms with E-state index in [1.807, 2.05) is 0 Å². The van der Waals surface area contributed by atoms with Gasteiger partial charge in [0.15, 0.2) is 0 Å². The first-order chi connectivity index (χ1) is 6.88. The minimum absolute atomic E-state index is 0.201. The summed E-state index contributed by atoms with van der Waals surface area (Å²) < 4.78 is 35.4. The van der Waals surface area contributed by atoms with Crippen LogP contribution in [-0.2, 0) is 0 Å². The second-order valence-corrected chi connectivity index (χ2v) is 4.85. The second-order valence-electron chi connectivity index (χ2n) is 4.85.